The molecule has 0 amide bonds. The second kappa shape index (κ2) is 2.23. The predicted octanol–water partition coefficient (Wildman–Crippen LogP) is 4.06. The minimum absolute atomic E-state index is 0.0920. The maximum Gasteiger partial charge on any atom is 0.103 e. The third-order valence-corrected chi connectivity index (χ3v) is 9.25. The van der Waals surface area contributed by atoms with E-state index >= 15 is 0 Å². The van der Waals surface area contributed by atoms with Crippen LogP contribution in [0.2, 0.25) is 0 Å². The summed E-state index contributed by atoms with van der Waals surface area (Å²) in [5.74, 6) is 0. The smallest absolute Gasteiger partial charge is 0.0822 e. The second-order valence-corrected chi connectivity index (χ2v) is 8.15. The van der Waals surface area contributed by atoms with Crippen LogP contribution in [0.5, 0.6) is 0 Å². The molecule has 0 aromatic rings. The highest BCUT2D eigenvalue weighted by atomic mass is 79.9. The third kappa shape index (κ3) is 0.776. The number of alkyl halides is 3. The molecule has 1 aliphatic rings. The van der Waals surface area contributed by atoms with Gasteiger partial charge in [-0.05, 0) is 6.42 Å². The first-order valence-electron chi connectivity index (χ1n) is 3.38. The van der Waals surface area contributed by atoms with Gasteiger partial charge in [-0.25, -0.2) is 0 Å². The molecule has 0 aliphatic heterocycles. The van der Waals surface area contributed by atoms with Crippen LogP contribution in [-0.2, 0) is 0 Å². The molecule has 0 aromatic heterocycles. The van der Waals surface area contributed by atoms with E-state index in [9.17, 15) is 0 Å². The zero-order valence-electron chi connectivity index (χ0n) is 6.34. The predicted molar refractivity (Wildman–Crippen MR) is 56.3 cm³/mol. The standard InChI is InChI=1S/C7H11Br3/c1-4-6(8)5(2,3)7(6,9)10/h4H2,1-3H3. The van der Waals surface area contributed by atoms with Crippen molar-refractivity contribution in [2.24, 2.45) is 5.41 Å². The fourth-order valence-electron chi connectivity index (χ4n) is 1.47. The van der Waals surface area contributed by atoms with Gasteiger partial charge >= 0.3 is 0 Å². The zero-order chi connectivity index (χ0) is 8.21. The van der Waals surface area contributed by atoms with E-state index in [4.69, 9.17) is 0 Å². The average molecular weight is 335 g/mol. The summed E-state index contributed by atoms with van der Waals surface area (Å²) < 4.78 is 0.321. The van der Waals surface area contributed by atoms with Gasteiger partial charge in [-0.15, -0.1) is 0 Å². The minimum Gasteiger partial charge on any atom is -0.0822 e. The van der Waals surface area contributed by atoms with Crippen LogP contribution in [0.15, 0.2) is 0 Å². The van der Waals surface area contributed by atoms with Crippen molar-refractivity contribution < 1.29 is 0 Å². The third-order valence-electron chi connectivity index (χ3n) is 2.70. The minimum atomic E-state index is 0.0920. The van der Waals surface area contributed by atoms with Crippen LogP contribution in [0.3, 0.4) is 0 Å². The van der Waals surface area contributed by atoms with Crippen LogP contribution in [-0.4, -0.2) is 7.56 Å². The highest BCUT2D eigenvalue weighted by molar-refractivity contribution is 9.26. The van der Waals surface area contributed by atoms with Crippen molar-refractivity contribution in [3.63, 3.8) is 0 Å². The number of rotatable bonds is 1. The van der Waals surface area contributed by atoms with Gasteiger partial charge in [-0.3, -0.25) is 0 Å². The van der Waals surface area contributed by atoms with Crippen molar-refractivity contribution in [3.8, 4) is 0 Å². The van der Waals surface area contributed by atoms with Gasteiger partial charge in [-0.2, -0.15) is 0 Å². The van der Waals surface area contributed by atoms with Crippen molar-refractivity contribution in [3.05, 3.63) is 0 Å². The molecule has 0 heterocycles. The lowest BCUT2D eigenvalue weighted by Gasteiger charge is -2.06. The number of halogens is 3. The maximum absolute atomic E-state index is 3.74. The molecule has 10 heavy (non-hydrogen) atoms. The molecule has 1 unspecified atom stereocenters. The Kier molecular flexibility index (Phi) is 2.12. The van der Waals surface area contributed by atoms with E-state index in [1.807, 2.05) is 0 Å². The number of hydrogen-bond donors (Lipinski definition) is 0. The topological polar surface area (TPSA) is 0 Å². The lowest BCUT2D eigenvalue weighted by Crippen LogP contribution is -2.05. The largest absolute Gasteiger partial charge is 0.103 e. The van der Waals surface area contributed by atoms with Gasteiger partial charge in [-0.1, -0.05) is 68.6 Å². The highest BCUT2D eigenvalue weighted by Crippen LogP contribution is 2.79. The summed E-state index contributed by atoms with van der Waals surface area (Å²) in [5.41, 5.74) is 0.300. The van der Waals surface area contributed by atoms with E-state index in [1.165, 1.54) is 0 Å². The van der Waals surface area contributed by atoms with Crippen LogP contribution in [0.25, 0.3) is 0 Å². The summed E-state index contributed by atoms with van der Waals surface area (Å²) in [6, 6.07) is 0. The molecule has 1 rings (SSSR count). The quantitative estimate of drug-likeness (QED) is 0.634. The molecule has 0 bridgehead atoms. The molecular weight excluding hydrogens is 324 g/mol. The van der Waals surface area contributed by atoms with Gasteiger partial charge in [0.2, 0.25) is 0 Å². The van der Waals surface area contributed by atoms with E-state index in [2.05, 4.69) is 68.6 Å². The normalized spacial score (nSPS) is 41.4. The monoisotopic (exact) mass is 332 g/mol. The SMILES string of the molecule is CCC1(Br)C(C)(C)C1(Br)Br. The van der Waals surface area contributed by atoms with E-state index in [1.54, 1.807) is 0 Å². The Morgan fingerprint density at radius 2 is 1.40 bits per heavy atom. The molecule has 1 atom stereocenters. The molecule has 1 saturated carbocycles. The molecule has 1 aliphatic carbocycles. The van der Waals surface area contributed by atoms with Crippen molar-refractivity contribution >= 4 is 47.8 Å². The second-order valence-electron chi connectivity index (χ2n) is 3.35. The molecule has 0 N–H and O–H groups in total. The Morgan fingerprint density at radius 1 is 1.10 bits per heavy atom. The molecule has 1 fully saturated rings. The maximum atomic E-state index is 3.74. The van der Waals surface area contributed by atoms with Gasteiger partial charge in [0.05, 0.1) is 4.32 Å². The Bertz CT molecular complexity index is 146. The highest BCUT2D eigenvalue weighted by Gasteiger charge is 2.78. The summed E-state index contributed by atoms with van der Waals surface area (Å²) in [6.45, 7) is 6.68. The van der Waals surface area contributed by atoms with E-state index < -0.39 is 0 Å². The molecule has 0 radical (unpaired) electrons. The van der Waals surface area contributed by atoms with E-state index in [0.717, 1.165) is 6.42 Å². The van der Waals surface area contributed by atoms with Crippen molar-refractivity contribution in [2.75, 3.05) is 0 Å². The Morgan fingerprint density at radius 3 is 1.40 bits per heavy atom. The first-order chi connectivity index (χ1) is 4.31. The Hall–Kier alpha value is 1.44. The number of hydrogen-bond acceptors (Lipinski definition) is 0. The molecule has 60 valence electrons. The first-order valence-corrected chi connectivity index (χ1v) is 5.76. The summed E-state index contributed by atoms with van der Waals surface area (Å²) in [4.78, 5) is 0. The van der Waals surface area contributed by atoms with Gasteiger partial charge in [0, 0.05) is 5.41 Å². The Labute approximate surface area is 87.5 Å². The average Bonchev–Trinajstić information content (AvgIpc) is 2.11. The fraction of sp³-hybridized carbons (Fsp3) is 1.00. The van der Waals surface area contributed by atoms with Crippen LogP contribution in [0, 0.1) is 5.41 Å². The molecular formula is C7H11Br3. The lowest BCUT2D eigenvalue weighted by molar-refractivity contribution is 0.583. The molecule has 0 aromatic carbocycles. The van der Waals surface area contributed by atoms with Gasteiger partial charge < -0.3 is 0 Å². The summed E-state index contributed by atoms with van der Waals surface area (Å²) >= 11 is 11.1. The fourth-order valence-corrected chi connectivity index (χ4v) is 4.72. The van der Waals surface area contributed by atoms with Gasteiger partial charge in [0.1, 0.15) is 3.23 Å². The van der Waals surface area contributed by atoms with E-state index in [-0.39, 0.29) is 7.56 Å². The molecule has 0 spiro atoms. The Balaban J connectivity index is 2.90. The van der Waals surface area contributed by atoms with E-state index in [0.29, 0.717) is 5.41 Å². The van der Waals surface area contributed by atoms with Crippen LogP contribution < -0.4 is 0 Å². The van der Waals surface area contributed by atoms with Crippen LogP contribution in [0.1, 0.15) is 27.2 Å². The van der Waals surface area contributed by atoms with Crippen LogP contribution in [0.4, 0.5) is 0 Å². The molecule has 0 saturated heterocycles. The first kappa shape index (κ1) is 9.53. The van der Waals surface area contributed by atoms with Crippen LogP contribution >= 0.6 is 47.8 Å². The van der Waals surface area contributed by atoms with Crippen molar-refractivity contribution in [1.82, 2.24) is 0 Å². The lowest BCUT2D eigenvalue weighted by atomic mass is 10.1. The van der Waals surface area contributed by atoms with Crippen molar-refractivity contribution in [1.29, 1.82) is 0 Å². The summed E-state index contributed by atoms with van der Waals surface area (Å²) in [6.07, 6.45) is 1.14. The summed E-state index contributed by atoms with van der Waals surface area (Å²) in [5, 5.41) is 0. The van der Waals surface area contributed by atoms with Gasteiger partial charge in [0.25, 0.3) is 0 Å². The molecule has 0 nitrogen and oxygen atoms in total. The zero-order valence-corrected chi connectivity index (χ0v) is 11.1. The van der Waals surface area contributed by atoms with Crippen molar-refractivity contribution in [2.45, 2.75) is 34.7 Å². The summed E-state index contributed by atoms with van der Waals surface area (Å²) in [7, 11) is 0. The van der Waals surface area contributed by atoms with Gasteiger partial charge in [0.15, 0.2) is 0 Å². The molecule has 3 heteroatoms.